The number of hydrogen-bond acceptors (Lipinski definition) is 4. The topological polar surface area (TPSA) is 72.0 Å². The van der Waals surface area contributed by atoms with E-state index in [0.717, 1.165) is 16.3 Å². The van der Waals surface area contributed by atoms with Gasteiger partial charge >= 0.3 is 0 Å². The lowest BCUT2D eigenvalue weighted by molar-refractivity contribution is 0.340. The Morgan fingerprint density at radius 2 is 2.12 bits per heavy atom. The fraction of sp³-hybridized carbons (Fsp3) is 0.167. The number of benzene rings is 1. The van der Waals surface area contributed by atoms with E-state index in [4.69, 9.17) is 15.9 Å². The Morgan fingerprint density at radius 1 is 1.41 bits per heavy atom. The first-order valence-corrected chi connectivity index (χ1v) is 6.06. The van der Waals surface area contributed by atoms with Crippen LogP contribution in [0.1, 0.15) is 11.8 Å². The SMILES string of the molecule is CCOc1ccc(-c2ncc(C(=N)N)s2)cc1. The van der Waals surface area contributed by atoms with Gasteiger partial charge in [-0.1, -0.05) is 0 Å². The number of amidine groups is 1. The van der Waals surface area contributed by atoms with E-state index in [-0.39, 0.29) is 5.84 Å². The first kappa shape index (κ1) is 11.6. The molecule has 0 amide bonds. The largest absolute Gasteiger partial charge is 0.494 e. The van der Waals surface area contributed by atoms with Crippen molar-refractivity contribution < 1.29 is 4.74 Å². The number of ether oxygens (including phenoxy) is 1. The molecule has 0 aliphatic heterocycles. The van der Waals surface area contributed by atoms with Gasteiger partial charge in [0.1, 0.15) is 16.6 Å². The van der Waals surface area contributed by atoms with E-state index in [1.165, 1.54) is 11.3 Å². The van der Waals surface area contributed by atoms with E-state index >= 15 is 0 Å². The minimum atomic E-state index is 0.0553. The van der Waals surface area contributed by atoms with E-state index in [0.29, 0.717) is 11.5 Å². The summed E-state index contributed by atoms with van der Waals surface area (Å²) in [6.07, 6.45) is 1.62. The molecule has 0 aliphatic rings. The molecule has 0 atom stereocenters. The molecule has 0 bridgehead atoms. The summed E-state index contributed by atoms with van der Waals surface area (Å²) in [7, 11) is 0. The molecular formula is C12H13N3OS. The van der Waals surface area contributed by atoms with Crippen LogP contribution >= 0.6 is 11.3 Å². The highest BCUT2D eigenvalue weighted by Gasteiger charge is 2.06. The summed E-state index contributed by atoms with van der Waals surface area (Å²) in [4.78, 5) is 4.93. The Bertz CT molecular complexity index is 519. The monoisotopic (exact) mass is 247 g/mol. The zero-order chi connectivity index (χ0) is 12.3. The van der Waals surface area contributed by atoms with Crippen LogP contribution in [0.5, 0.6) is 5.75 Å². The standard InChI is InChI=1S/C12H13N3OS/c1-2-16-9-5-3-8(4-6-9)12-15-7-10(17-12)11(13)14/h3-7H,2H2,1H3,(H3,13,14). The smallest absolute Gasteiger partial charge is 0.134 e. The number of hydrogen-bond donors (Lipinski definition) is 2. The number of thiazole rings is 1. The first-order chi connectivity index (χ1) is 8.20. The maximum absolute atomic E-state index is 7.33. The summed E-state index contributed by atoms with van der Waals surface area (Å²) in [5.41, 5.74) is 6.41. The third-order valence-electron chi connectivity index (χ3n) is 2.18. The Labute approximate surface area is 104 Å². The van der Waals surface area contributed by atoms with Crippen LogP contribution in [0.3, 0.4) is 0 Å². The highest BCUT2D eigenvalue weighted by atomic mass is 32.1. The van der Waals surface area contributed by atoms with Crippen molar-refractivity contribution in [2.24, 2.45) is 5.73 Å². The normalized spacial score (nSPS) is 10.2. The maximum atomic E-state index is 7.33. The molecule has 0 unspecified atom stereocenters. The highest BCUT2D eigenvalue weighted by Crippen LogP contribution is 2.26. The molecule has 3 N–H and O–H groups in total. The van der Waals surface area contributed by atoms with Gasteiger partial charge in [0.15, 0.2) is 0 Å². The lowest BCUT2D eigenvalue weighted by atomic mass is 10.2. The lowest BCUT2D eigenvalue weighted by Gasteiger charge is -2.02. The predicted octanol–water partition coefficient (Wildman–Crippen LogP) is 2.49. The van der Waals surface area contributed by atoms with Gasteiger partial charge in [0, 0.05) is 11.8 Å². The molecule has 5 heteroatoms. The van der Waals surface area contributed by atoms with Gasteiger partial charge in [0.2, 0.25) is 0 Å². The number of nitrogen functional groups attached to an aromatic ring is 1. The summed E-state index contributed by atoms with van der Waals surface area (Å²) in [5.74, 6) is 0.902. The van der Waals surface area contributed by atoms with Crippen molar-refractivity contribution in [3.8, 4) is 16.3 Å². The number of nitrogens with one attached hydrogen (secondary N) is 1. The average molecular weight is 247 g/mol. The van der Waals surface area contributed by atoms with Gasteiger partial charge in [0.25, 0.3) is 0 Å². The minimum Gasteiger partial charge on any atom is -0.494 e. The Hall–Kier alpha value is -1.88. The zero-order valence-electron chi connectivity index (χ0n) is 9.43. The van der Waals surface area contributed by atoms with Crippen molar-refractivity contribution in [3.05, 3.63) is 35.3 Å². The molecule has 0 spiro atoms. The number of aromatic nitrogens is 1. The maximum Gasteiger partial charge on any atom is 0.134 e. The molecule has 0 radical (unpaired) electrons. The summed E-state index contributed by atoms with van der Waals surface area (Å²) < 4.78 is 5.37. The zero-order valence-corrected chi connectivity index (χ0v) is 10.3. The van der Waals surface area contributed by atoms with E-state index in [2.05, 4.69) is 4.98 Å². The summed E-state index contributed by atoms with van der Waals surface area (Å²) >= 11 is 1.41. The lowest BCUT2D eigenvalue weighted by Crippen LogP contribution is -2.08. The average Bonchev–Trinajstić information content (AvgIpc) is 2.80. The molecule has 1 aromatic carbocycles. The van der Waals surface area contributed by atoms with E-state index in [1.807, 2.05) is 31.2 Å². The second-order valence-electron chi connectivity index (χ2n) is 3.40. The third-order valence-corrected chi connectivity index (χ3v) is 3.26. The Balaban J connectivity index is 2.23. The molecule has 88 valence electrons. The number of nitrogens with zero attached hydrogens (tertiary/aromatic N) is 1. The van der Waals surface area contributed by atoms with Gasteiger partial charge in [-0.15, -0.1) is 11.3 Å². The molecule has 0 saturated heterocycles. The summed E-state index contributed by atoms with van der Waals surface area (Å²) in [6.45, 7) is 2.61. The van der Waals surface area contributed by atoms with Crippen molar-refractivity contribution in [1.29, 1.82) is 5.41 Å². The molecule has 17 heavy (non-hydrogen) atoms. The molecule has 4 nitrogen and oxygen atoms in total. The van der Waals surface area contributed by atoms with Crippen molar-refractivity contribution in [3.63, 3.8) is 0 Å². The van der Waals surface area contributed by atoms with Crippen molar-refractivity contribution >= 4 is 17.2 Å². The molecular weight excluding hydrogens is 234 g/mol. The summed E-state index contributed by atoms with van der Waals surface area (Å²) in [6, 6.07) is 7.73. The van der Waals surface area contributed by atoms with Gasteiger partial charge in [-0.25, -0.2) is 4.98 Å². The van der Waals surface area contributed by atoms with E-state index in [9.17, 15) is 0 Å². The molecule has 2 rings (SSSR count). The fourth-order valence-electron chi connectivity index (χ4n) is 1.39. The molecule has 1 heterocycles. The quantitative estimate of drug-likeness (QED) is 0.644. The highest BCUT2D eigenvalue weighted by molar-refractivity contribution is 7.16. The summed E-state index contributed by atoms with van der Waals surface area (Å²) in [5, 5.41) is 8.19. The number of rotatable bonds is 4. The van der Waals surface area contributed by atoms with Crippen LogP contribution < -0.4 is 10.5 Å². The van der Waals surface area contributed by atoms with Crippen LogP contribution in [0.2, 0.25) is 0 Å². The van der Waals surface area contributed by atoms with Crippen LogP contribution in [-0.4, -0.2) is 17.4 Å². The van der Waals surface area contributed by atoms with E-state index in [1.54, 1.807) is 6.20 Å². The van der Waals surface area contributed by atoms with Crippen LogP contribution in [0.4, 0.5) is 0 Å². The van der Waals surface area contributed by atoms with E-state index < -0.39 is 0 Å². The van der Waals surface area contributed by atoms with Crippen LogP contribution in [0.25, 0.3) is 10.6 Å². The van der Waals surface area contributed by atoms with Gasteiger partial charge in [0.05, 0.1) is 11.5 Å². The van der Waals surface area contributed by atoms with Gasteiger partial charge < -0.3 is 10.5 Å². The first-order valence-electron chi connectivity index (χ1n) is 5.24. The second-order valence-corrected chi connectivity index (χ2v) is 4.43. The Morgan fingerprint density at radius 3 is 2.65 bits per heavy atom. The molecule has 2 aromatic rings. The third kappa shape index (κ3) is 2.62. The van der Waals surface area contributed by atoms with Crippen LogP contribution in [0, 0.1) is 5.41 Å². The molecule has 0 saturated carbocycles. The van der Waals surface area contributed by atoms with Gasteiger partial charge in [-0.3, -0.25) is 5.41 Å². The molecule has 0 aliphatic carbocycles. The second kappa shape index (κ2) is 4.97. The van der Waals surface area contributed by atoms with Crippen LogP contribution in [-0.2, 0) is 0 Å². The van der Waals surface area contributed by atoms with Crippen LogP contribution in [0.15, 0.2) is 30.5 Å². The van der Waals surface area contributed by atoms with Gasteiger partial charge in [-0.2, -0.15) is 0 Å². The van der Waals surface area contributed by atoms with Crippen molar-refractivity contribution in [1.82, 2.24) is 4.98 Å². The predicted molar refractivity (Wildman–Crippen MR) is 69.7 cm³/mol. The van der Waals surface area contributed by atoms with Gasteiger partial charge in [-0.05, 0) is 31.2 Å². The molecule has 0 fully saturated rings. The fourth-order valence-corrected chi connectivity index (χ4v) is 2.18. The minimum absolute atomic E-state index is 0.0553. The Kier molecular flexibility index (Phi) is 3.39. The van der Waals surface area contributed by atoms with Crippen molar-refractivity contribution in [2.45, 2.75) is 6.92 Å². The van der Waals surface area contributed by atoms with Crippen molar-refractivity contribution in [2.75, 3.05) is 6.61 Å². The molecule has 1 aromatic heterocycles. The number of nitrogens with two attached hydrogens (primary N) is 1.